The predicted octanol–water partition coefficient (Wildman–Crippen LogP) is 5.72. The molecule has 1 heterocycles. The first-order chi connectivity index (χ1) is 13.3. The van der Waals surface area contributed by atoms with Crippen molar-refractivity contribution in [3.05, 3.63) is 59.7 Å². The maximum absolute atomic E-state index is 5.34. The molecule has 2 aromatic carbocycles. The van der Waals surface area contributed by atoms with Gasteiger partial charge >= 0.3 is 0 Å². The van der Waals surface area contributed by atoms with Gasteiger partial charge in [0.25, 0.3) is 0 Å². The van der Waals surface area contributed by atoms with E-state index < -0.39 is 0 Å². The second-order valence-corrected chi connectivity index (χ2v) is 7.55. The Kier molecular flexibility index (Phi) is 7.17. The molecule has 0 saturated carbocycles. The molecule has 3 heteroatoms. The minimum atomic E-state index is 0.407. The van der Waals surface area contributed by atoms with Crippen LogP contribution in [0.2, 0.25) is 0 Å². The minimum Gasteiger partial charge on any atom is -0.497 e. The fraction of sp³-hybridized carbons (Fsp3) is 0.500. The van der Waals surface area contributed by atoms with Crippen LogP contribution in [-0.4, -0.2) is 20.8 Å². The lowest BCUT2D eigenvalue weighted by molar-refractivity contribution is 0.380. The molecule has 27 heavy (non-hydrogen) atoms. The van der Waals surface area contributed by atoms with Crippen molar-refractivity contribution in [2.24, 2.45) is 5.92 Å². The Hall–Kier alpha value is -2.00. The van der Waals surface area contributed by atoms with Gasteiger partial charge in [-0.15, -0.1) is 0 Å². The second kappa shape index (κ2) is 9.80. The number of rotatable bonds is 9. The maximum Gasteiger partial charge on any atom is 0.118 e. The van der Waals surface area contributed by atoms with Gasteiger partial charge in [0, 0.05) is 18.5 Å². The summed E-state index contributed by atoms with van der Waals surface area (Å²) < 4.78 is 10.7. The van der Waals surface area contributed by atoms with Crippen molar-refractivity contribution in [1.82, 2.24) is 5.32 Å². The van der Waals surface area contributed by atoms with Crippen molar-refractivity contribution in [3.8, 4) is 11.5 Å². The Bertz CT molecular complexity index is 625. The average Bonchev–Trinajstić information content (AvgIpc) is 3.15. The predicted molar refractivity (Wildman–Crippen MR) is 112 cm³/mol. The SMILES string of the molecule is CCCCCC[C@H]1[C@H](c2ccc(OC)cc2)CN[C@H]1c1ccc(OC)cc1. The highest BCUT2D eigenvalue weighted by molar-refractivity contribution is 5.34. The lowest BCUT2D eigenvalue weighted by atomic mass is 9.80. The molecule has 1 aliphatic heterocycles. The normalized spacial score (nSPS) is 22.0. The summed E-state index contributed by atoms with van der Waals surface area (Å²) in [4.78, 5) is 0. The molecule has 0 aliphatic carbocycles. The van der Waals surface area contributed by atoms with Crippen molar-refractivity contribution < 1.29 is 9.47 Å². The fourth-order valence-electron chi connectivity index (χ4n) is 4.36. The lowest BCUT2D eigenvalue weighted by Crippen LogP contribution is -2.18. The van der Waals surface area contributed by atoms with E-state index in [4.69, 9.17) is 9.47 Å². The maximum atomic E-state index is 5.34. The van der Waals surface area contributed by atoms with Gasteiger partial charge in [0.15, 0.2) is 0 Å². The first kappa shape index (κ1) is 19.8. The summed E-state index contributed by atoms with van der Waals surface area (Å²) in [6.45, 7) is 3.30. The summed E-state index contributed by atoms with van der Waals surface area (Å²) in [5, 5.41) is 3.81. The highest BCUT2D eigenvalue weighted by Gasteiger charge is 2.36. The molecule has 0 bridgehead atoms. The van der Waals surface area contributed by atoms with Gasteiger partial charge in [-0.25, -0.2) is 0 Å². The van der Waals surface area contributed by atoms with Gasteiger partial charge in [-0.05, 0) is 47.7 Å². The zero-order chi connectivity index (χ0) is 19.1. The van der Waals surface area contributed by atoms with E-state index in [9.17, 15) is 0 Å². The molecule has 146 valence electrons. The Balaban J connectivity index is 1.79. The highest BCUT2D eigenvalue weighted by Crippen LogP contribution is 2.43. The molecule has 3 nitrogen and oxygen atoms in total. The number of hydrogen-bond donors (Lipinski definition) is 1. The summed E-state index contributed by atoms with van der Waals surface area (Å²) in [5.41, 5.74) is 2.78. The molecule has 3 atom stereocenters. The van der Waals surface area contributed by atoms with Crippen LogP contribution in [0.4, 0.5) is 0 Å². The van der Waals surface area contributed by atoms with E-state index in [-0.39, 0.29) is 0 Å². The van der Waals surface area contributed by atoms with Crippen LogP contribution in [0, 0.1) is 5.92 Å². The molecular formula is C24H33NO2. The molecule has 0 unspecified atom stereocenters. The highest BCUT2D eigenvalue weighted by atomic mass is 16.5. The van der Waals surface area contributed by atoms with E-state index in [0.717, 1.165) is 18.0 Å². The van der Waals surface area contributed by atoms with E-state index in [2.05, 4.69) is 60.8 Å². The minimum absolute atomic E-state index is 0.407. The summed E-state index contributed by atoms with van der Waals surface area (Å²) in [5.74, 6) is 3.01. The van der Waals surface area contributed by atoms with Gasteiger partial charge in [-0.1, -0.05) is 56.9 Å². The molecule has 1 fully saturated rings. The van der Waals surface area contributed by atoms with Crippen molar-refractivity contribution in [2.75, 3.05) is 20.8 Å². The number of unbranched alkanes of at least 4 members (excludes halogenated alkanes) is 3. The molecular weight excluding hydrogens is 334 g/mol. The Morgan fingerprint density at radius 1 is 0.815 bits per heavy atom. The van der Waals surface area contributed by atoms with E-state index in [1.807, 2.05) is 0 Å². The van der Waals surface area contributed by atoms with Crippen molar-refractivity contribution in [3.63, 3.8) is 0 Å². The second-order valence-electron chi connectivity index (χ2n) is 7.55. The molecule has 1 aliphatic rings. The largest absolute Gasteiger partial charge is 0.497 e. The monoisotopic (exact) mass is 367 g/mol. The lowest BCUT2D eigenvalue weighted by Gasteiger charge is -2.25. The van der Waals surface area contributed by atoms with Gasteiger partial charge in [0.2, 0.25) is 0 Å². The van der Waals surface area contributed by atoms with Crippen LogP contribution in [0.1, 0.15) is 62.1 Å². The van der Waals surface area contributed by atoms with Gasteiger partial charge in [0.1, 0.15) is 11.5 Å². The topological polar surface area (TPSA) is 30.5 Å². The average molecular weight is 368 g/mol. The van der Waals surface area contributed by atoms with E-state index in [0.29, 0.717) is 17.9 Å². The molecule has 0 aromatic heterocycles. The zero-order valence-corrected chi connectivity index (χ0v) is 16.9. The number of methoxy groups -OCH3 is 2. The number of benzene rings is 2. The Morgan fingerprint density at radius 2 is 1.41 bits per heavy atom. The van der Waals surface area contributed by atoms with Crippen LogP contribution in [0.15, 0.2) is 48.5 Å². The Morgan fingerprint density at radius 3 is 1.96 bits per heavy atom. The third kappa shape index (κ3) is 4.84. The molecule has 0 spiro atoms. The van der Waals surface area contributed by atoms with Crippen molar-refractivity contribution in [1.29, 1.82) is 0 Å². The van der Waals surface area contributed by atoms with Crippen LogP contribution < -0.4 is 14.8 Å². The smallest absolute Gasteiger partial charge is 0.118 e. The van der Waals surface area contributed by atoms with Crippen molar-refractivity contribution >= 4 is 0 Å². The van der Waals surface area contributed by atoms with Crippen LogP contribution in [0.3, 0.4) is 0 Å². The van der Waals surface area contributed by atoms with Crippen molar-refractivity contribution in [2.45, 2.75) is 51.0 Å². The first-order valence-electron chi connectivity index (χ1n) is 10.3. The van der Waals surface area contributed by atoms with Gasteiger partial charge in [-0.3, -0.25) is 0 Å². The molecule has 1 saturated heterocycles. The number of ether oxygens (including phenoxy) is 2. The summed E-state index contributed by atoms with van der Waals surface area (Å²) in [6.07, 6.45) is 6.52. The third-order valence-electron chi connectivity index (χ3n) is 5.91. The standard InChI is InChI=1S/C24H33NO2/c1-4-5-6-7-8-22-23(18-9-13-20(26-2)14-10-18)17-25-24(22)19-11-15-21(27-3)16-12-19/h9-16,22-25H,4-8,17H2,1-3H3/t22-,23-,24-/m0/s1. The van der Waals surface area contributed by atoms with E-state index >= 15 is 0 Å². The fourth-order valence-corrected chi connectivity index (χ4v) is 4.36. The van der Waals surface area contributed by atoms with E-state index in [1.165, 1.54) is 43.2 Å². The number of hydrogen-bond acceptors (Lipinski definition) is 3. The Labute approximate surface area is 164 Å². The van der Waals surface area contributed by atoms with Crippen LogP contribution in [0.5, 0.6) is 11.5 Å². The molecule has 0 radical (unpaired) electrons. The van der Waals surface area contributed by atoms with E-state index in [1.54, 1.807) is 14.2 Å². The third-order valence-corrected chi connectivity index (χ3v) is 5.91. The number of nitrogens with one attached hydrogen (secondary N) is 1. The van der Waals surface area contributed by atoms with Crippen LogP contribution in [-0.2, 0) is 0 Å². The molecule has 2 aromatic rings. The van der Waals surface area contributed by atoms with Crippen LogP contribution in [0.25, 0.3) is 0 Å². The summed E-state index contributed by atoms with van der Waals surface area (Å²) in [7, 11) is 3.45. The summed E-state index contributed by atoms with van der Waals surface area (Å²) >= 11 is 0. The van der Waals surface area contributed by atoms with Gasteiger partial charge < -0.3 is 14.8 Å². The van der Waals surface area contributed by atoms with Gasteiger partial charge in [-0.2, -0.15) is 0 Å². The van der Waals surface area contributed by atoms with Crippen LogP contribution >= 0.6 is 0 Å². The zero-order valence-electron chi connectivity index (χ0n) is 16.9. The molecule has 3 rings (SSSR count). The molecule has 0 amide bonds. The quantitative estimate of drug-likeness (QED) is 0.575. The van der Waals surface area contributed by atoms with Gasteiger partial charge in [0.05, 0.1) is 14.2 Å². The molecule has 1 N–H and O–H groups in total. The first-order valence-corrected chi connectivity index (χ1v) is 10.3. The summed E-state index contributed by atoms with van der Waals surface area (Å²) in [6, 6.07) is 17.6.